The van der Waals surface area contributed by atoms with E-state index in [2.05, 4.69) is 36.8 Å². The van der Waals surface area contributed by atoms with Crippen LogP contribution >= 0.6 is 27.5 Å². The normalized spacial score (nSPS) is 15.3. The Morgan fingerprint density at radius 2 is 1.81 bits per heavy atom. The van der Waals surface area contributed by atoms with Crippen molar-refractivity contribution in [3.8, 4) is 0 Å². The number of piperazine rings is 1. The summed E-state index contributed by atoms with van der Waals surface area (Å²) in [5.74, 6) is 0.951. The molecule has 1 aliphatic heterocycles. The number of anilines is 3. The van der Waals surface area contributed by atoms with Crippen LogP contribution in [0.4, 0.5) is 17.2 Å². The van der Waals surface area contributed by atoms with Crippen molar-refractivity contribution < 1.29 is 0 Å². The molecule has 0 amide bonds. The van der Waals surface area contributed by atoms with Crippen LogP contribution in [0, 0.1) is 0 Å². The number of nitrogen functional groups attached to an aromatic ring is 1. The maximum Gasteiger partial charge on any atom is 0.143 e. The molecule has 0 bridgehead atoms. The first-order valence-corrected chi connectivity index (χ1v) is 7.97. The summed E-state index contributed by atoms with van der Waals surface area (Å²) in [7, 11) is 0. The molecule has 1 fully saturated rings. The Kier molecular flexibility index (Phi) is 4.22. The smallest absolute Gasteiger partial charge is 0.143 e. The second-order valence-corrected chi connectivity index (χ2v) is 6.32. The van der Waals surface area contributed by atoms with Crippen LogP contribution < -0.4 is 15.5 Å². The van der Waals surface area contributed by atoms with E-state index in [1.165, 1.54) is 5.69 Å². The van der Waals surface area contributed by atoms with E-state index in [1.807, 2.05) is 24.3 Å². The van der Waals surface area contributed by atoms with Gasteiger partial charge in [0.25, 0.3) is 0 Å². The van der Waals surface area contributed by atoms with Gasteiger partial charge in [0, 0.05) is 43.8 Å². The van der Waals surface area contributed by atoms with Gasteiger partial charge < -0.3 is 15.5 Å². The third-order valence-corrected chi connectivity index (χ3v) is 4.39. The summed E-state index contributed by atoms with van der Waals surface area (Å²) < 4.78 is 0.937. The van der Waals surface area contributed by atoms with Crippen LogP contribution in [0.3, 0.4) is 0 Å². The van der Waals surface area contributed by atoms with Crippen molar-refractivity contribution >= 4 is 44.7 Å². The van der Waals surface area contributed by atoms with Gasteiger partial charge in [0.05, 0.1) is 9.50 Å². The number of aromatic nitrogens is 1. The Balaban J connectivity index is 1.70. The number of nitrogens with zero attached hydrogens (tertiary/aromatic N) is 3. The van der Waals surface area contributed by atoms with Gasteiger partial charge >= 0.3 is 0 Å². The Morgan fingerprint density at radius 3 is 2.48 bits per heavy atom. The van der Waals surface area contributed by atoms with Gasteiger partial charge in [-0.05, 0) is 40.2 Å². The summed E-state index contributed by atoms with van der Waals surface area (Å²) in [6.45, 7) is 3.73. The molecule has 3 rings (SSSR count). The van der Waals surface area contributed by atoms with Crippen LogP contribution in [0.25, 0.3) is 0 Å². The van der Waals surface area contributed by atoms with Crippen LogP contribution in [0.1, 0.15) is 0 Å². The Morgan fingerprint density at radius 1 is 1.10 bits per heavy atom. The van der Waals surface area contributed by atoms with Crippen molar-refractivity contribution in [1.82, 2.24) is 4.98 Å². The van der Waals surface area contributed by atoms with Gasteiger partial charge in [-0.25, -0.2) is 4.98 Å². The fourth-order valence-electron chi connectivity index (χ4n) is 2.54. The maximum absolute atomic E-state index is 5.94. The Labute approximate surface area is 137 Å². The van der Waals surface area contributed by atoms with Gasteiger partial charge in [-0.2, -0.15) is 0 Å². The molecule has 2 aromatic rings. The van der Waals surface area contributed by atoms with Crippen molar-refractivity contribution in [2.24, 2.45) is 0 Å². The molecule has 0 spiro atoms. The molecular formula is C15H16BrClN4. The lowest BCUT2D eigenvalue weighted by Crippen LogP contribution is -2.47. The number of hydrogen-bond donors (Lipinski definition) is 1. The lowest BCUT2D eigenvalue weighted by molar-refractivity contribution is 0.646. The fourth-order valence-corrected chi connectivity index (χ4v) is 3.43. The molecule has 4 nitrogen and oxygen atoms in total. The zero-order valence-electron chi connectivity index (χ0n) is 11.5. The van der Waals surface area contributed by atoms with Crippen molar-refractivity contribution in [2.75, 3.05) is 41.7 Å². The lowest BCUT2D eigenvalue weighted by Gasteiger charge is -2.37. The molecule has 21 heavy (non-hydrogen) atoms. The number of hydrogen-bond acceptors (Lipinski definition) is 4. The largest absolute Gasteiger partial charge is 0.399 e. The fraction of sp³-hybridized carbons (Fsp3) is 0.267. The molecule has 1 aromatic carbocycles. The van der Waals surface area contributed by atoms with Crippen LogP contribution in [-0.2, 0) is 0 Å². The van der Waals surface area contributed by atoms with E-state index in [9.17, 15) is 0 Å². The zero-order valence-corrected chi connectivity index (χ0v) is 13.8. The number of benzene rings is 1. The standard InChI is InChI=1S/C15H16BrClN4/c16-14-8-11(17)10-19-15(14)21-6-4-20(5-7-21)13-3-1-2-12(18)9-13/h1-3,8-10H,4-7,18H2. The van der Waals surface area contributed by atoms with Crippen molar-refractivity contribution in [3.63, 3.8) is 0 Å². The highest BCUT2D eigenvalue weighted by atomic mass is 79.9. The molecular weight excluding hydrogens is 352 g/mol. The highest BCUT2D eigenvalue weighted by molar-refractivity contribution is 9.10. The first-order chi connectivity index (χ1) is 10.1. The van der Waals surface area contributed by atoms with E-state index < -0.39 is 0 Å². The average Bonchev–Trinajstić information content (AvgIpc) is 2.47. The number of halogens is 2. The van der Waals surface area contributed by atoms with Gasteiger partial charge in [-0.1, -0.05) is 17.7 Å². The first-order valence-electron chi connectivity index (χ1n) is 6.80. The second kappa shape index (κ2) is 6.12. The predicted molar refractivity (Wildman–Crippen MR) is 92.2 cm³/mol. The van der Waals surface area contributed by atoms with E-state index in [-0.39, 0.29) is 0 Å². The van der Waals surface area contributed by atoms with Crippen LogP contribution in [-0.4, -0.2) is 31.2 Å². The number of rotatable bonds is 2. The molecule has 1 saturated heterocycles. The molecule has 0 atom stereocenters. The second-order valence-electron chi connectivity index (χ2n) is 5.03. The van der Waals surface area contributed by atoms with E-state index >= 15 is 0 Å². The summed E-state index contributed by atoms with van der Waals surface area (Å²) in [5, 5.41) is 0.643. The van der Waals surface area contributed by atoms with Crippen molar-refractivity contribution in [1.29, 1.82) is 0 Å². The minimum atomic E-state index is 0.643. The van der Waals surface area contributed by atoms with Crippen molar-refractivity contribution in [3.05, 3.63) is 46.0 Å². The molecule has 1 aliphatic rings. The van der Waals surface area contributed by atoms with Crippen LogP contribution in [0.5, 0.6) is 0 Å². The summed E-state index contributed by atoms with van der Waals surface area (Å²) in [4.78, 5) is 9.03. The van der Waals surface area contributed by atoms with Crippen LogP contribution in [0.15, 0.2) is 41.0 Å². The molecule has 2 N–H and O–H groups in total. The van der Waals surface area contributed by atoms with Gasteiger partial charge in [0.1, 0.15) is 5.82 Å². The SMILES string of the molecule is Nc1cccc(N2CCN(c3ncc(Cl)cc3Br)CC2)c1. The Bertz CT molecular complexity index is 641. The average molecular weight is 368 g/mol. The topological polar surface area (TPSA) is 45.4 Å². The molecule has 110 valence electrons. The molecule has 0 aliphatic carbocycles. The molecule has 0 unspecified atom stereocenters. The zero-order chi connectivity index (χ0) is 14.8. The van der Waals surface area contributed by atoms with Gasteiger partial charge in [0.15, 0.2) is 0 Å². The van der Waals surface area contributed by atoms with Crippen LogP contribution in [0.2, 0.25) is 5.02 Å². The van der Waals surface area contributed by atoms with Crippen molar-refractivity contribution in [2.45, 2.75) is 0 Å². The molecule has 2 heterocycles. The highest BCUT2D eigenvalue weighted by Crippen LogP contribution is 2.28. The third-order valence-electron chi connectivity index (χ3n) is 3.60. The van der Waals surface area contributed by atoms with E-state index in [0.29, 0.717) is 5.02 Å². The Hall–Kier alpha value is -1.46. The van der Waals surface area contributed by atoms with E-state index in [0.717, 1.165) is 42.2 Å². The summed E-state index contributed by atoms with van der Waals surface area (Å²) in [6, 6.07) is 9.91. The van der Waals surface area contributed by atoms with Gasteiger partial charge in [-0.3, -0.25) is 0 Å². The van der Waals surface area contributed by atoms with E-state index in [1.54, 1.807) is 6.20 Å². The molecule has 0 saturated carbocycles. The number of pyridine rings is 1. The third kappa shape index (κ3) is 3.24. The minimum absolute atomic E-state index is 0.643. The molecule has 0 radical (unpaired) electrons. The van der Waals surface area contributed by atoms with Gasteiger partial charge in [-0.15, -0.1) is 0 Å². The maximum atomic E-state index is 5.94. The molecule has 6 heteroatoms. The highest BCUT2D eigenvalue weighted by Gasteiger charge is 2.20. The number of nitrogens with two attached hydrogens (primary N) is 1. The quantitative estimate of drug-likeness (QED) is 0.826. The summed E-state index contributed by atoms with van der Waals surface area (Å²) >= 11 is 9.48. The monoisotopic (exact) mass is 366 g/mol. The first kappa shape index (κ1) is 14.5. The van der Waals surface area contributed by atoms with Gasteiger partial charge in [0.2, 0.25) is 0 Å². The lowest BCUT2D eigenvalue weighted by atomic mass is 10.2. The minimum Gasteiger partial charge on any atom is -0.399 e. The summed E-state index contributed by atoms with van der Waals surface area (Å²) in [5.41, 5.74) is 7.83. The van der Waals surface area contributed by atoms with E-state index in [4.69, 9.17) is 17.3 Å². The predicted octanol–water partition coefficient (Wildman–Crippen LogP) is 3.41. The molecule has 1 aromatic heterocycles. The summed E-state index contributed by atoms with van der Waals surface area (Å²) in [6.07, 6.45) is 1.69.